The quantitative estimate of drug-likeness (QED) is 0.158. The van der Waals surface area contributed by atoms with Gasteiger partial charge in [0.15, 0.2) is 0 Å². The van der Waals surface area contributed by atoms with Crippen molar-refractivity contribution >= 4 is 98.8 Å². The van der Waals surface area contributed by atoms with Crippen molar-refractivity contribution in [3.05, 3.63) is 218 Å². The molecule has 56 heavy (non-hydrogen) atoms. The van der Waals surface area contributed by atoms with Gasteiger partial charge in [-0.1, -0.05) is 158 Å². The van der Waals surface area contributed by atoms with Gasteiger partial charge in [-0.05, 0) is 115 Å². The summed E-state index contributed by atoms with van der Waals surface area (Å²) in [5.41, 5.74) is 6.83. The summed E-state index contributed by atoms with van der Waals surface area (Å²) in [4.78, 5) is 4.82. The highest BCUT2D eigenvalue weighted by molar-refractivity contribution is 6.11. The van der Waals surface area contributed by atoms with Crippen molar-refractivity contribution < 1.29 is 0 Å². The maximum absolute atomic E-state index is 2.41. The van der Waals surface area contributed by atoms with Crippen LogP contribution in [0.15, 0.2) is 218 Å². The van der Waals surface area contributed by atoms with Gasteiger partial charge >= 0.3 is 0 Å². The second-order valence-corrected chi connectivity index (χ2v) is 14.6. The molecule has 0 aliphatic heterocycles. The first kappa shape index (κ1) is 32.0. The Balaban J connectivity index is 1.06. The Bertz CT molecular complexity index is 3060. The van der Waals surface area contributed by atoms with Gasteiger partial charge in [0, 0.05) is 33.5 Å². The van der Waals surface area contributed by atoms with E-state index >= 15 is 0 Å². The van der Waals surface area contributed by atoms with Gasteiger partial charge in [-0.15, -0.1) is 0 Å². The first-order valence-electron chi connectivity index (χ1n) is 19.3. The van der Waals surface area contributed by atoms with Gasteiger partial charge in [-0.25, -0.2) is 0 Å². The number of nitrogens with zero attached hydrogens (tertiary/aromatic N) is 2. The number of hydrogen-bond acceptors (Lipinski definition) is 2. The van der Waals surface area contributed by atoms with E-state index in [9.17, 15) is 0 Å². The summed E-state index contributed by atoms with van der Waals surface area (Å²) in [6, 6.07) is 79.7. The molecule has 262 valence electrons. The molecule has 0 fully saturated rings. The zero-order chi connectivity index (χ0) is 37.0. The predicted octanol–water partition coefficient (Wildman–Crippen LogP) is 15.5. The molecule has 2 heteroatoms. The van der Waals surface area contributed by atoms with Crippen LogP contribution in [-0.2, 0) is 0 Å². The molecule has 0 atom stereocenters. The topological polar surface area (TPSA) is 6.48 Å². The van der Waals surface area contributed by atoms with Crippen LogP contribution in [0.3, 0.4) is 0 Å². The number of hydrogen-bond donors (Lipinski definition) is 0. The van der Waals surface area contributed by atoms with Crippen LogP contribution in [-0.4, -0.2) is 0 Å². The molecule has 11 aromatic carbocycles. The molecule has 0 radical (unpaired) electrons. The summed E-state index contributed by atoms with van der Waals surface area (Å²) < 4.78 is 0. The molecule has 0 aromatic heterocycles. The Hall–Kier alpha value is -7.42. The molecule has 2 nitrogen and oxygen atoms in total. The zero-order valence-electron chi connectivity index (χ0n) is 30.7. The molecule has 0 saturated heterocycles. The van der Waals surface area contributed by atoms with E-state index in [-0.39, 0.29) is 0 Å². The summed E-state index contributed by atoms with van der Waals surface area (Å²) in [7, 11) is 0. The van der Waals surface area contributed by atoms with E-state index in [1.807, 2.05) is 0 Å². The molecule has 0 spiro atoms. The normalized spacial score (nSPS) is 11.6. The van der Waals surface area contributed by atoms with Crippen molar-refractivity contribution in [2.45, 2.75) is 0 Å². The van der Waals surface area contributed by atoms with E-state index in [4.69, 9.17) is 0 Å². The Morgan fingerprint density at radius 2 is 0.518 bits per heavy atom. The minimum atomic E-state index is 1.12. The standard InChI is InChI=1S/C54H36N2/c1-3-15-41-33-45(27-25-37(41)11-1)55(53-21-9-17-39-13-5-7-19-51(39)53)47-29-31-49-43(35-47)23-24-44-36-48(30-32-50(44)49)56(46-28-26-38-12-2-4-16-42(38)34-46)54-22-10-18-40-14-6-8-20-52(40)54/h1-36H. The molecule has 0 aliphatic rings. The molecular formula is C54H36N2. The number of rotatable bonds is 6. The van der Waals surface area contributed by atoms with Crippen molar-refractivity contribution in [2.24, 2.45) is 0 Å². The maximum Gasteiger partial charge on any atom is 0.0540 e. The summed E-state index contributed by atoms with van der Waals surface area (Å²) in [5.74, 6) is 0. The smallest absolute Gasteiger partial charge is 0.0540 e. The molecule has 0 unspecified atom stereocenters. The molecule has 11 rings (SSSR count). The maximum atomic E-state index is 2.41. The van der Waals surface area contributed by atoms with Crippen molar-refractivity contribution in [1.82, 2.24) is 0 Å². The van der Waals surface area contributed by atoms with Crippen molar-refractivity contribution in [2.75, 3.05) is 9.80 Å². The minimum absolute atomic E-state index is 1.12. The summed E-state index contributed by atoms with van der Waals surface area (Å²) >= 11 is 0. The average Bonchev–Trinajstić information content (AvgIpc) is 3.26. The predicted molar refractivity (Wildman–Crippen MR) is 241 cm³/mol. The Labute approximate surface area is 325 Å². The van der Waals surface area contributed by atoms with Gasteiger partial charge in [0.05, 0.1) is 11.4 Å². The lowest BCUT2D eigenvalue weighted by molar-refractivity contribution is 1.31. The molecule has 0 bridgehead atoms. The Morgan fingerprint density at radius 3 is 0.964 bits per heavy atom. The summed E-state index contributed by atoms with van der Waals surface area (Å²) in [6.07, 6.45) is 0. The zero-order valence-corrected chi connectivity index (χ0v) is 30.7. The van der Waals surface area contributed by atoms with E-state index in [2.05, 4.69) is 228 Å². The highest BCUT2D eigenvalue weighted by atomic mass is 15.1. The molecule has 11 aromatic rings. The minimum Gasteiger partial charge on any atom is -0.310 e. The lowest BCUT2D eigenvalue weighted by atomic mass is 9.99. The van der Waals surface area contributed by atoms with Crippen molar-refractivity contribution in [1.29, 1.82) is 0 Å². The lowest BCUT2D eigenvalue weighted by Crippen LogP contribution is -2.11. The van der Waals surface area contributed by atoms with Crippen molar-refractivity contribution in [3.8, 4) is 0 Å². The molecule has 0 N–H and O–H groups in total. The van der Waals surface area contributed by atoms with Crippen LogP contribution in [0.2, 0.25) is 0 Å². The molecular weight excluding hydrogens is 677 g/mol. The molecule has 0 saturated carbocycles. The fourth-order valence-electron chi connectivity index (χ4n) is 8.62. The summed E-state index contributed by atoms with van der Waals surface area (Å²) in [6.45, 7) is 0. The van der Waals surface area contributed by atoms with Crippen LogP contribution >= 0.6 is 0 Å². The first-order valence-corrected chi connectivity index (χ1v) is 19.3. The van der Waals surface area contributed by atoms with E-state index in [0.29, 0.717) is 0 Å². The van der Waals surface area contributed by atoms with E-state index in [1.165, 1.54) is 64.6 Å². The lowest BCUT2D eigenvalue weighted by Gasteiger charge is -2.28. The number of fused-ring (bicyclic) bond motifs is 7. The number of benzene rings is 11. The van der Waals surface area contributed by atoms with E-state index < -0.39 is 0 Å². The Kier molecular flexibility index (Phi) is 7.53. The average molecular weight is 713 g/mol. The van der Waals surface area contributed by atoms with Gasteiger partial charge in [-0.2, -0.15) is 0 Å². The Morgan fingerprint density at radius 1 is 0.196 bits per heavy atom. The highest BCUT2D eigenvalue weighted by Crippen LogP contribution is 2.44. The van der Waals surface area contributed by atoms with Crippen LogP contribution in [0.1, 0.15) is 0 Å². The second kappa shape index (κ2) is 13.2. The fourth-order valence-corrected chi connectivity index (χ4v) is 8.62. The molecule has 0 heterocycles. The van der Waals surface area contributed by atoms with Crippen molar-refractivity contribution in [3.63, 3.8) is 0 Å². The van der Waals surface area contributed by atoms with Gasteiger partial charge in [0.1, 0.15) is 0 Å². The summed E-state index contributed by atoms with van der Waals surface area (Å²) in [5, 5.41) is 14.7. The van der Waals surface area contributed by atoms with Gasteiger partial charge in [0.2, 0.25) is 0 Å². The third-order valence-corrected chi connectivity index (χ3v) is 11.3. The van der Waals surface area contributed by atoms with Gasteiger partial charge in [0.25, 0.3) is 0 Å². The first-order chi connectivity index (χ1) is 27.7. The van der Waals surface area contributed by atoms with E-state index in [0.717, 1.165) is 34.1 Å². The monoisotopic (exact) mass is 712 g/mol. The van der Waals surface area contributed by atoms with Crippen LogP contribution in [0.4, 0.5) is 34.1 Å². The highest BCUT2D eigenvalue weighted by Gasteiger charge is 2.19. The van der Waals surface area contributed by atoms with Crippen LogP contribution in [0.5, 0.6) is 0 Å². The van der Waals surface area contributed by atoms with Gasteiger partial charge < -0.3 is 9.80 Å². The molecule has 0 amide bonds. The third-order valence-electron chi connectivity index (χ3n) is 11.3. The number of anilines is 6. The van der Waals surface area contributed by atoms with Crippen LogP contribution < -0.4 is 9.80 Å². The van der Waals surface area contributed by atoms with Crippen LogP contribution in [0, 0.1) is 0 Å². The molecule has 0 aliphatic carbocycles. The third kappa shape index (κ3) is 5.42. The van der Waals surface area contributed by atoms with Gasteiger partial charge in [-0.3, -0.25) is 0 Å². The van der Waals surface area contributed by atoms with Crippen LogP contribution in [0.25, 0.3) is 64.6 Å². The van der Waals surface area contributed by atoms with E-state index in [1.54, 1.807) is 0 Å². The second-order valence-electron chi connectivity index (χ2n) is 14.6. The largest absolute Gasteiger partial charge is 0.310 e. The fraction of sp³-hybridized carbons (Fsp3) is 0. The SMILES string of the molecule is c1ccc2cc(N(c3ccc4c(ccc5cc(N(c6ccc7ccccc7c6)c6cccc7ccccc67)ccc54)c3)c3cccc4ccccc34)ccc2c1.